The van der Waals surface area contributed by atoms with E-state index in [0.29, 0.717) is 24.5 Å². The third-order valence-electron chi connectivity index (χ3n) is 7.74. The maximum Gasteiger partial charge on any atom is 0.137 e. The second-order valence-electron chi connectivity index (χ2n) is 9.78. The number of nitrogens with zero attached hydrogens (tertiary/aromatic N) is 1. The lowest BCUT2D eigenvalue weighted by Crippen LogP contribution is -2.47. The Morgan fingerprint density at radius 1 is 1.00 bits per heavy atom. The Hall–Kier alpha value is -3.02. The summed E-state index contributed by atoms with van der Waals surface area (Å²) in [6.07, 6.45) is 5.87. The molecule has 1 aromatic heterocycles. The summed E-state index contributed by atoms with van der Waals surface area (Å²) >= 11 is 0. The van der Waals surface area contributed by atoms with Crippen LogP contribution in [0.2, 0.25) is 0 Å². The van der Waals surface area contributed by atoms with E-state index in [9.17, 15) is 5.11 Å². The normalized spacial score (nSPS) is 23.4. The summed E-state index contributed by atoms with van der Waals surface area (Å²) in [5.74, 6) is 2.23. The van der Waals surface area contributed by atoms with Gasteiger partial charge in [0.2, 0.25) is 0 Å². The van der Waals surface area contributed by atoms with E-state index in [1.54, 1.807) is 13.4 Å². The Balaban J connectivity index is 1.10. The standard InChI is InChI=1S/C29H31NO4/c1-32-26-10-7-19-5-6-20(13-21(19)16-26)22-14-23-8-9-24(15-22)30(23)17-25(31)18-34-29-4-2-3-28-27(29)11-12-33-28/h2-7,10-13,16,22-25,31H,8-9,14-15,17-18H2,1H3/t22?,23?,24?,25-/m0/s1. The van der Waals surface area contributed by atoms with Gasteiger partial charge in [0.1, 0.15) is 29.8 Å². The molecule has 2 bridgehead atoms. The van der Waals surface area contributed by atoms with Gasteiger partial charge in [-0.2, -0.15) is 0 Å². The molecule has 1 N–H and O–H groups in total. The molecule has 2 aliphatic heterocycles. The summed E-state index contributed by atoms with van der Waals surface area (Å²) in [4.78, 5) is 2.53. The van der Waals surface area contributed by atoms with Crippen LogP contribution in [0, 0.1) is 0 Å². The van der Waals surface area contributed by atoms with E-state index >= 15 is 0 Å². The number of hydrogen-bond donors (Lipinski definition) is 1. The molecule has 2 fully saturated rings. The summed E-state index contributed by atoms with van der Waals surface area (Å²) in [7, 11) is 1.72. The number of aliphatic hydroxyl groups is 1. The van der Waals surface area contributed by atoms with Crippen molar-refractivity contribution in [3.8, 4) is 11.5 Å². The number of aliphatic hydroxyl groups excluding tert-OH is 1. The molecule has 0 aliphatic carbocycles. The maximum absolute atomic E-state index is 10.8. The fourth-order valence-corrected chi connectivity index (χ4v) is 6.04. The summed E-state index contributed by atoms with van der Waals surface area (Å²) in [6, 6.07) is 21.9. The molecule has 176 valence electrons. The van der Waals surface area contributed by atoms with Gasteiger partial charge in [0.15, 0.2) is 0 Å². The minimum Gasteiger partial charge on any atom is -0.497 e. The molecule has 6 rings (SSSR count). The first-order valence-corrected chi connectivity index (χ1v) is 12.3. The van der Waals surface area contributed by atoms with E-state index in [2.05, 4.69) is 35.2 Å². The lowest BCUT2D eigenvalue weighted by atomic mass is 9.84. The Morgan fingerprint density at radius 3 is 2.65 bits per heavy atom. The van der Waals surface area contributed by atoms with Crippen LogP contribution in [-0.4, -0.2) is 48.5 Å². The highest BCUT2D eigenvalue weighted by atomic mass is 16.5. The molecule has 0 amide bonds. The van der Waals surface area contributed by atoms with Crippen LogP contribution < -0.4 is 9.47 Å². The van der Waals surface area contributed by atoms with Crippen LogP contribution in [0.25, 0.3) is 21.7 Å². The molecular weight excluding hydrogens is 426 g/mol. The second kappa shape index (κ2) is 8.97. The molecule has 0 saturated carbocycles. The molecule has 34 heavy (non-hydrogen) atoms. The maximum atomic E-state index is 10.8. The first kappa shape index (κ1) is 21.5. The van der Waals surface area contributed by atoms with Crippen LogP contribution in [0.1, 0.15) is 37.2 Å². The molecule has 3 heterocycles. The number of ether oxygens (including phenoxy) is 2. The lowest BCUT2D eigenvalue weighted by molar-refractivity contribution is 0.0321. The number of benzene rings is 3. The van der Waals surface area contributed by atoms with Crippen LogP contribution >= 0.6 is 0 Å². The number of methoxy groups -OCH3 is 1. The Labute approximate surface area is 199 Å². The number of rotatable bonds is 7. The smallest absolute Gasteiger partial charge is 0.137 e. The van der Waals surface area contributed by atoms with Crippen LogP contribution in [0.4, 0.5) is 0 Å². The Bertz CT molecular complexity index is 1280. The predicted octanol–water partition coefficient (Wildman–Crippen LogP) is 5.74. The van der Waals surface area contributed by atoms with Crippen molar-refractivity contribution in [1.82, 2.24) is 4.90 Å². The van der Waals surface area contributed by atoms with Gasteiger partial charge in [-0.3, -0.25) is 4.90 Å². The molecule has 2 aliphatic rings. The van der Waals surface area contributed by atoms with Crippen molar-refractivity contribution in [2.45, 2.75) is 49.8 Å². The highest BCUT2D eigenvalue weighted by molar-refractivity contribution is 5.85. The summed E-state index contributed by atoms with van der Waals surface area (Å²) in [6.45, 7) is 0.953. The number of fused-ring (bicyclic) bond motifs is 4. The molecule has 2 unspecified atom stereocenters. The summed E-state index contributed by atoms with van der Waals surface area (Å²) < 4.78 is 16.8. The van der Waals surface area contributed by atoms with Crippen molar-refractivity contribution in [1.29, 1.82) is 0 Å². The average molecular weight is 458 g/mol. The van der Waals surface area contributed by atoms with Crippen LogP contribution in [0.15, 0.2) is 71.3 Å². The second-order valence-corrected chi connectivity index (χ2v) is 9.78. The zero-order valence-electron chi connectivity index (χ0n) is 19.5. The first-order chi connectivity index (χ1) is 16.7. The molecule has 0 radical (unpaired) electrons. The van der Waals surface area contributed by atoms with Crippen molar-refractivity contribution in [2.75, 3.05) is 20.3 Å². The van der Waals surface area contributed by atoms with Crippen LogP contribution in [0.3, 0.4) is 0 Å². The Kier molecular flexibility index (Phi) is 5.67. The van der Waals surface area contributed by atoms with E-state index < -0.39 is 6.10 Å². The fraction of sp³-hybridized carbons (Fsp3) is 0.379. The topological polar surface area (TPSA) is 55.1 Å². The van der Waals surface area contributed by atoms with Gasteiger partial charge >= 0.3 is 0 Å². The fourth-order valence-electron chi connectivity index (χ4n) is 6.04. The first-order valence-electron chi connectivity index (χ1n) is 12.3. The van der Waals surface area contributed by atoms with Gasteiger partial charge in [-0.25, -0.2) is 0 Å². The Morgan fingerprint density at radius 2 is 1.82 bits per heavy atom. The highest BCUT2D eigenvalue weighted by Crippen LogP contribution is 2.43. The molecule has 3 aromatic carbocycles. The molecule has 5 heteroatoms. The molecular formula is C29H31NO4. The molecule has 2 saturated heterocycles. The van der Waals surface area contributed by atoms with E-state index in [1.807, 2.05) is 30.3 Å². The van der Waals surface area contributed by atoms with Crippen molar-refractivity contribution >= 4 is 21.7 Å². The van der Waals surface area contributed by atoms with Crippen LogP contribution in [-0.2, 0) is 0 Å². The zero-order valence-corrected chi connectivity index (χ0v) is 19.5. The zero-order chi connectivity index (χ0) is 23.1. The average Bonchev–Trinajstić information content (AvgIpc) is 3.43. The SMILES string of the molecule is COc1ccc2ccc(C3CC4CCC(C3)N4C[C@H](O)COc3cccc4occc34)cc2c1. The summed E-state index contributed by atoms with van der Waals surface area (Å²) in [5.41, 5.74) is 2.23. The van der Waals surface area contributed by atoms with Gasteiger partial charge in [0, 0.05) is 18.6 Å². The highest BCUT2D eigenvalue weighted by Gasteiger charge is 2.41. The monoisotopic (exact) mass is 457 g/mol. The minimum atomic E-state index is -0.519. The molecule has 4 aromatic rings. The van der Waals surface area contributed by atoms with E-state index in [1.165, 1.54) is 29.2 Å². The van der Waals surface area contributed by atoms with Crippen molar-refractivity contribution in [3.05, 3.63) is 72.5 Å². The predicted molar refractivity (Wildman–Crippen MR) is 134 cm³/mol. The van der Waals surface area contributed by atoms with E-state index in [-0.39, 0.29) is 6.61 Å². The number of furan rings is 1. The van der Waals surface area contributed by atoms with E-state index in [0.717, 1.165) is 35.3 Å². The van der Waals surface area contributed by atoms with Gasteiger partial charge < -0.3 is 19.0 Å². The van der Waals surface area contributed by atoms with Gasteiger partial charge in [-0.1, -0.05) is 30.3 Å². The number of hydrogen-bond acceptors (Lipinski definition) is 5. The van der Waals surface area contributed by atoms with Gasteiger partial charge in [-0.05, 0) is 78.3 Å². The quantitative estimate of drug-likeness (QED) is 0.383. The van der Waals surface area contributed by atoms with Crippen molar-refractivity contribution in [3.63, 3.8) is 0 Å². The number of piperidine rings is 1. The summed E-state index contributed by atoms with van der Waals surface area (Å²) in [5, 5.41) is 14.2. The largest absolute Gasteiger partial charge is 0.497 e. The van der Waals surface area contributed by atoms with Gasteiger partial charge in [-0.15, -0.1) is 0 Å². The van der Waals surface area contributed by atoms with Crippen molar-refractivity contribution < 1.29 is 19.0 Å². The molecule has 3 atom stereocenters. The van der Waals surface area contributed by atoms with Crippen LogP contribution in [0.5, 0.6) is 11.5 Å². The third kappa shape index (κ3) is 4.04. The van der Waals surface area contributed by atoms with E-state index in [4.69, 9.17) is 13.9 Å². The minimum absolute atomic E-state index is 0.288. The third-order valence-corrected chi connectivity index (χ3v) is 7.74. The molecule has 0 spiro atoms. The lowest BCUT2D eigenvalue weighted by Gasteiger charge is -2.40. The molecule has 5 nitrogen and oxygen atoms in total. The van der Waals surface area contributed by atoms with Gasteiger partial charge in [0.05, 0.1) is 18.8 Å². The van der Waals surface area contributed by atoms with Crippen molar-refractivity contribution in [2.24, 2.45) is 0 Å². The van der Waals surface area contributed by atoms with Gasteiger partial charge in [0.25, 0.3) is 0 Å².